The molecule has 3 rings (SSSR count). The molecular formula is C20H31N5Si2. The molecule has 0 saturated heterocycles. The first-order valence-electron chi connectivity index (χ1n) is 9.91. The fourth-order valence-corrected chi connectivity index (χ4v) is 9.07. The minimum Gasteiger partial charge on any atom is -0.354 e. The zero-order valence-corrected chi connectivity index (χ0v) is 19.4. The molecule has 2 aliphatic rings. The van der Waals surface area contributed by atoms with Gasteiger partial charge in [-0.15, -0.1) is 0 Å². The molecule has 0 bridgehead atoms. The van der Waals surface area contributed by atoms with Crippen molar-refractivity contribution in [3.63, 3.8) is 0 Å². The van der Waals surface area contributed by atoms with Gasteiger partial charge in [0, 0.05) is 5.69 Å². The van der Waals surface area contributed by atoms with Crippen LogP contribution in [0.4, 0.5) is 11.5 Å². The van der Waals surface area contributed by atoms with Crippen LogP contribution in [-0.4, -0.2) is 35.7 Å². The maximum absolute atomic E-state index is 4.66. The molecule has 144 valence electrons. The fraction of sp³-hybridized carbons (Fsp3) is 0.450. The lowest BCUT2D eigenvalue weighted by molar-refractivity contribution is 0.980. The summed E-state index contributed by atoms with van der Waals surface area (Å²) >= 11 is 0. The third-order valence-corrected chi connectivity index (χ3v) is 12.9. The number of hydrogen-bond acceptors (Lipinski definition) is 4. The van der Waals surface area contributed by atoms with Crippen LogP contribution < -0.4 is 4.57 Å². The Labute approximate surface area is 165 Å². The molecule has 0 saturated carbocycles. The van der Waals surface area contributed by atoms with Gasteiger partial charge in [0.05, 0.1) is 6.33 Å². The number of aromatic nitrogens is 4. The molecule has 7 heteroatoms. The number of hydrogen-bond donors (Lipinski definition) is 0. The summed E-state index contributed by atoms with van der Waals surface area (Å²) in [7, 11) is -3.50. The second-order valence-electron chi connectivity index (χ2n) is 8.11. The van der Waals surface area contributed by atoms with Gasteiger partial charge in [-0.2, -0.15) is 0 Å². The average molecular weight is 398 g/mol. The van der Waals surface area contributed by atoms with Crippen molar-refractivity contribution < 1.29 is 0 Å². The van der Waals surface area contributed by atoms with Crippen molar-refractivity contribution in [2.75, 3.05) is 4.57 Å². The van der Waals surface area contributed by atoms with E-state index in [2.05, 4.69) is 94.5 Å². The van der Waals surface area contributed by atoms with Crippen LogP contribution in [0.15, 0.2) is 43.0 Å². The zero-order valence-electron chi connectivity index (χ0n) is 17.4. The van der Waals surface area contributed by atoms with Crippen LogP contribution in [0.1, 0.15) is 20.8 Å². The first-order valence-corrected chi connectivity index (χ1v) is 15.9. The summed E-state index contributed by atoms with van der Waals surface area (Å²) in [6.07, 6.45) is 3.64. The Hall–Kier alpha value is -2.00. The van der Waals surface area contributed by atoms with E-state index in [1.165, 1.54) is 29.6 Å². The van der Waals surface area contributed by atoms with E-state index in [4.69, 9.17) is 0 Å². The van der Waals surface area contributed by atoms with Crippen LogP contribution in [-0.2, 0) is 0 Å². The van der Waals surface area contributed by atoms with Crippen molar-refractivity contribution in [2.45, 2.75) is 58.5 Å². The van der Waals surface area contributed by atoms with Crippen LogP contribution in [0, 0.1) is 0 Å². The predicted octanol–water partition coefficient (Wildman–Crippen LogP) is 5.60. The Kier molecular flexibility index (Phi) is 5.53. The highest BCUT2D eigenvalue weighted by molar-refractivity contribution is 6.84. The van der Waals surface area contributed by atoms with Gasteiger partial charge in [0.2, 0.25) is 0 Å². The third-order valence-electron chi connectivity index (χ3n) is 5.71. The number of nitrogens with zero attached hydrogens (tertiary/aromatic N) is 5. The summed E-state index contributed by atoms with van der Waals surface area (Å²) < 4.78 is 5.07. The van der Waals surface area contributed by atoms with Crippen molar-refractivity contribution >= 4 is 28.0 Å². The van der Waals surface area contributed by atoms with Crippen LogP contribution in [0.2, 0.25) is 37.8 Å². The lowest BCUT2D eigenvalue weighted by Gasteiger charge is -2.45. The minimum absolute atomic E-state index is 0.742. The molecule has 0 fully saturated rings. The number of rotatable bonds is 7. The monoisotopic (exact) mass is 397 g/mol. The highest BCUT2D eigenvalue weighted by Gasteiger charge is 2.40. The predicted molar refractivity (Wildman–Crippen MR) is 119 cm³/mol. The summed E-state index contributed by atoms with van der Waals surface area (Å²) in [5.74, 6) is 1.94. The van der Waals surface area contributed by atoms with Crippen LogP contribution in [0.3, 0.4) is 0 Å². The van der Waals surface area contributed by atoms with Crippen molar-refractivity contribution in [3.05, 3.63) is 43.0 Å². The van der Waals surface area contributed by atoms with Crippen LogP contribution in [0.25, 0.3) is 11.5 Å². The van der Waals surface area contributed by atoms with Crippen molar-refractivity contribution in [1.82, 2.24) is 19.2 Å². The van der Waals surface area contributed by atoms with Crippen molar-refractivity contribution in [1.29, 1.82) is 0 Å². The van der Waals surface area contributed by atoms with Gasteiger partial charge in [-0.25, -0.2) is 15.0 Å². The number of imidazole rings is 1. The summed E-state index contributed by atoms with van der Waals surface area (Å²) in [4.78, 5) is 13.7. The number of para-hydroxylation sites is 1. The van der Waals surface area contributed by atoms with Gasteiger partial charge in [-0.05, 0) is 30.3 Å². The Morgan fingerprint density at radius 2 is 1.52 bits per heavy atom. The summed E-state index contributed by atoms with van der Waals surface area (Å²) in [5.41, 5.74) is 2.19. The third kappa shape index (κ3) is 3.45. The Bertz CT molecular complexity index is 844. The molecule has 0 aromatic heterocycles. The molecule has 1 aromatic rings. The van der Waals surface area contributed by atoms with E-state index in [1.807, 2.05) is 6.33 Å². The van der Waals surface area contributed by atoms with E-state index in [-0.39, 0.29) is 0 Å². The highest BCUT2D eigenvalue weighted by atomic mass is 28.3. The zero-order chi connectivity index (χ0) is 19.7. The SMILES string of the molecule is CC[Si](CC)(CC)N(c1ccccc1)c1c2ncnc-2ncn1[Si](C)(C)C. The summed E-state index contributed by atoms with van der Waals surface area (Å²) in [6, 6.07) is 14.4. The maximum atomic E-state index is 4.66. The molecule has 2 heterocycles. The topological polar surface area (TPSA) is 46.8 Å². The second-order valence-corrected chi connectivity index (χ2v) is 18.0. The number of fused-ring (bicyclic) bond motifs is 1. The summed E-state index contributed by atoms with van der Waals surface area (Å²) in [5, 5.41) is 0. The van der Waals surface area contributed by atoms with E-state index in [9.17, 15) is 0 Å². The lowest BCUT2D eigenvalue weighted by atomic mass is 10.3. The van der Waals surface area contributed by atoms with Gasteiger partial charge in [0.15, 0.2) is 22.3 Å². The van der Waals surface area contributed by atoms with Gasteiger partial charge in [-0.3, -0.25) is 0 Å². The van der Waals surface area contributed by atoms with Gasteiger partial charge in [-0.1, -0.05) is 58.6 Å². The molecule has 0 atom stereocenters. The maximum Gasteiger partial charge on any atom is 0.184 e. The molecular weight excluding hydrogens is 366 g/mol. The van der Waals surface area contributed by atoms with Crippen LogP contribution >= 0.6 is 0 Å². The molecule has 0 spiro atoms. The molecule has 0 amide bonds. The van der Waals surface area contributed by atoms with E-state index in [1.54, 1.807) is 6.33 Å². The average Bonchev–Trinajstić information content (AvgIpc) is 3.15. The number of anilines is 2. The second kappa shape index (κ2) is 7.55. The van der Waals surface area contributed by atoms with E-state index in [0.29, 0.717) is 0 Å². The molecule has 0 aliphatic carbocycles. The molecule has 1 aromatic carbocycles. The standard InChI is InChI=1S/C20H31N5Si2/c1-7-27(8-2,9-3)25(17-13-11-10-12-14-17)20-18-19(22-15-21-18)23-16-24(20)26(4,5)6/h10-16H,7-9H2,1-6H3. The van der Waals surface area contributed by atoms with Crippen molar-refractivity contribution in [3.8, 4) is 11.5 Å². The first kappa shape index (κ1) is 19.8. The minimum atomic E-state index is -1.79. The Morgan fingerprint density at radius 1 is 0.889 bits per heavy atom. The van der Waals surface area contributed by atoms with Gasteiger partial charge < -0.3 is 8.80 Å². The smallest absolute Gasteiger partial charge is 0.184 e. The molecule has 27 heavy (non-hydrogen) atoms. The lowest BCUT2D eigenvalue weighted by Crippen LogP contribution is -2.52. The van der Waals surface area contributed by atoms with E-state index >= 15 is 0 Å². The van der Waals surface area contributed by atoms with Crippen molar-refractivity contribution in [2.24, 2.45) is 0 Å². The fourth-order valence-electron chi connectivity index (χ4n) is 3.92. The molecule has 2 aliphatic heterocycles. The normalized spacial score (nSPS) is 12.5. The molecule has 5 nitrogen and oxygen atoms in total. The number of benzene rings is 1. The van der Waals surface area contributed by atoms with E-state index < -0.39 is 16.5 Å². The molecule has 0 radical (unpaired) electrons. The largest absolute Gasteiger partial charge is 0.354 e. The Morgan fingerprint density at radius 3 is 2.07 bits per heavy atom. The molecule has 0 N–H and O–H groups in total. The van der Waals surface area contributed by atoms with Gasteiger partial charge in [0.25, 0.3) is 0 Å². The van der Waals surface area contributed by atoms with Gasteiger partial charge in [0.1, 0.15) is 17.8 Å². The Balaban J connectivity index is 2.39. The quantitative estimate of drug-likeness (QED) is 0.487. The van der Waals surface area contributed by atoms with Gasteiger partial charge >= 0.3 is 0 Å². The van der Waals surface area contributed by atoms with E-state index in [0.717, 1.165) is 11.5 Å². The highest BCUT2D eigenvalue weighted by Crippen LogP contribution is 2.42. The van der Waals surface area contributed by atoms with Crippen LogP contribution in [0.5, 0.6) is 0 Å². The first-order chi connectivity index (χ1) is 12.9. The molecule has 0 unspecified atom stereocenters. The summed E-state index contributed by atoms with van der Waals surface area (Å²) in [6.45, 7) is 14.1.